The minimum absolute atomic E-state index is 0.405. The molecule has 0 bridgehead atoms. The Balaban J connectivity index is 1.60. The van der Waals surface area contributed by atoms with Crippen molar-refractivity contribution >= 4 is 0 Å². The van der Waals surface area contributed by atoms with Crippen LogP contribution in [0, 0.1) is 5.92 Å². The van der Waals surface area contributed by atoms with Crippen LogP contribution in [0.15, 0.2) is 0 Å². The minimum Gasteiger partial charge on any atom is -0.379 e. The molecule has 1 saturated heterocycles. The summed E-state index contributed by atoms with van der Waals surface area (Å²) in [5.74, 6) is 0.842. The predicted octanol–water partition coefficient (Wildman–Crippen LogP) is 2.37. The third kappa shape index (κ3) is 2.96. The Morgan fingerprint density at radius 3 is 2.62 bits per heavy atom. The van der Waals surface area contributed by atoms with Crippen LogP contribution >= 0.6 is 0 Å². The van der Waals surface area contributed by atoms with Gasteiger partial charge in [0, 0.05) is 13.2 Å². The smallest absolute Gasteiger partial charge is 0.0830 e. The zero-order chi connectivity index (χ0) is 8.93. The summed E-state index contributed by atoms with van der Waals surface area (Å²) in [6, 6.07) is 0. The van der Waals surface area contributed by atoms with Crippen molar-refractivity contribution in [3.05, 3.63) is 0 Å². The van der Waals surface area contributed by atoms with Gasteiger partial charge < -0.3 is 9.47 Å². The molecule has 0 N–H and O–H groups in total. The first-order valence-electron chi connectivity index (χ1n) is 5.64. The van der Waals surface area contributed by atoms with E-state index < -0.39 is 0 Å². The molecule has 0 aromatic carbocycles. The summed E-state index contributed by atoms with van der Waals surface area (Å²) in [7, 11) is 0. The maximum Gasteiger partial charge on any atom is 0.0830 e. The molecule has 2 nitrogen and oxygen atoms in total. The zero-order valence-electron chi connectivity index (χ0n) is 8.34. The Kier molecular flexibility index (Phi) is 3.62. The average Bonchev–Trinajstić information content (AvgIpc) is 2.69. The molecule has 13 heavy (non-hydrogen) atoms. The van der Waals surface area contributed by atoms with Gasteiger partial charge in [0.2, 0.25) is 0 Å². The molecule has 0 aromatic rings. The molecule has 1 aliphatic carbocycles. The number of hydrogen-bond acceptors (Lipinski definition) is 2. The maximum absolute atomic E-state index is 5.82. The van der Waals surface area contributed by atoms with Gasteiger partial charge in [-0.25, -0.2) is 0 Å². The maximum atomic E-state index is 5.82. The Morgan fingerprint density at radius 1 is 1.08 bits per heavy atom. The second-order valence-electron chi connectivity index (χ2n) is 4.32. The standard InChI is InChI=1S/C11H20O2/c1-2-4-10(5-3-1)8-13-11-6-7-12-9-11/h10-11H,1-9H2/t11-/m1/s1. The van der Waals surface area contributed by atoms with Crippen LogP contribution in [0.25, 0.3) is 0 Å². The van der Waals surface area contributed by atoms with Gasteiger partial charge in [0.15, 0.2) is 0 Å². The lowest BCUT2D eigenvalue weighted by atomic mass is 9.90. The van der Waals surface area contributed by atoms with Gasteiger partial charge in [-0.2, -0.15) is 0 Å². The van der Waals surface area contributed by atoms with Crippen LogP contribution in [-0.4, -0.2) is 25.9 Å². The first-order valence-corrected chi connectivity index (χ1v) is 5.64. The van der Waals surface area contributed by atoms with Crippen molar-refractivity contribution in [2.24, 2.45) is 5.92 Å². The van der Waals surface area contributed by atoms with Crippen LogP contribution in [0.4, 0.5) is 0 Å². The van der Waals surface area contributed by atoms with Gasteiger partial charge in [-0.15, -0.1) is 0 Å². The lowest BCUT2D eigenvalue weighted by Crippen LogP contribution is -2.20. The van der Waals surface area contributed by atoms with E-state index in [0.29, 0.717) is 6.10 Å². The van der Waals surface area contributed by atoms with E-state index in [1.807, 2.05) is 0 Å². The largest absolute Gasteiger partial charge is 0.379 e. The van der Waals surface area contributed by atoms with Crippen molar-refractivity contribution < 1.29 is 9.47 Å². The molecule has 1 atom stereocenters. The summed E-state index contributed by atoms with van der Waals surface area (Å²) in [6.07, 6.45) is 8.53. The molecule has 1 aliphatic heterocycles. The van der Waals surface area contributed by atoms with Crippen LogP contribution in [0.1, 0.15) is 38.5 Å². The molecule has 76 valence electrons. The Morgan fingerprint density at radius 2 is 1.92 bits per heavy atom. The van der Waals surface area contributed by atoms with E-state index in [-0.39, 0.29) is 0 Å². The summed E-state index contributed by atoms with van der Waals surface area (Å²) in [4.78, 5) is 0. The highest BCUT2D eigenvalue weighted by molar-refractivity contribution is 4.68. The molecule has 1 heterocycles. The van der Waals surface area contributed by atoms with Crippen LogP contribution in [-0.2, 0) is 9.47 Å². The molecule has 2 heteroatoms. The summed E-state index contributed by atoms with van der Waals surface area (Å²) in [6.45, 7) is 2.70. The third-order valence-corrected chi connectivity index (χ3v) is 3.18. The lowest BCUT2D eigenvalue weighted by Gasteiger charge is -2.22. The van der Waals surface area contributed by atoms with E-state index in [9.17, 15) is 0 Å². The van der Waals surface area contributed by atoms with Gasteiger partial charge in [0.1, 0.15) is 0 Å². The summed E-state index contributed by atoms with van der Waals surface area (Å²) >= 11 is 0. The van der Waals surface area contributed by atoms with Gasteiger partial charge in [-0.05, 0) is 25.2 Å². The number of hydrogen-bond donors (Lipinski definition) is 0. The molecule has 0 radical (unpaired) electrons. The highest BCUT2D eigenvalue weighted by atomic mass is 16.5. The van der Waals surface area contributed by atoms with Gasteiger partial charge >= 0.3 is 0 Å². The first kappa shape index (κ1) is 9.47. The number of rotatable bonds is 3. The van der Waals surface area contributed by atoms with Crippen molar-refractivity contribution in [3.63, 3.8) is 0 Å². The average molecular weight is 184 g/mol. The van der Waals surface area contributed by atoms with Crippen molar-refractivity contribution in [3.8, 4) is 0 Å². The Labute approximate surface area is 80.6 Å². The summed E-state index contributed by atoms with van der Waals surface area (Å²) < 4.78 is 11.1. The SMILES string of the molecule is C1CCC(CO[C@@H]2CCOC2)CC1. The molecule has 2 rings (SSSR count). The minimum atomic E-state index is 0.405. The monoisotopic (exact) mass is 184 g/mol. The van der Waals surface area contributed by atoms with Crippen LogP contribution in [0.3, 0.4) is 0 Å². The van der Waals surface area contributed by atoms with E-state index in [1.54, 1.807) is 0 Å². The van der Waals surface area contributed by atoms with E-state index in [0.717, 1.165) is 32.2 Å². The Hall–Kier alpha value is -0.0800. The second kappa shape index (κ2) is 4.97. The van der Waals surface area contributed by atoms with Crippen molar-refractivity contribution in [1.29, 1.82) is 0 Å². The summed E-state index contributed by atoms with van der Waals surface area (Å²) in [5, 5.41) is 0. The predicted molar refractivity (Wildman–Crippen MR) is 51.8 cm³/mol. The third-order valence-electron chi connectivity index (χ3n) is 3.18. The van der Waals surface area contributed by atoms with Crippen LogP contribution in [0.2, 0.25) is 0 Å². The van der Waals surface area contributed by atoms with E-state index in [1.165, 1.54) is 32.1 Å². The molecular formula is C11H20O2. The van der Waals surface area contributed by atoms with E-state index >= 15 is 0 Å². The zero-order valence-corrected chi connectivity index (χ0v) is 8.34. The molecule has 2 fully saturated rings. The molecule has 0 spiro atoms. The topological polar surface area (TPSA) is 18.5 Å². The van der Waals surface area contributed by atoms with Gasteiger partial charge in [-0.3, -0.25) is 0 Å². The van der Waals surface area contributed by atoms with Gasteiger partial charge in [-0.1, -0.05) is 19.3 Å². The van der Waals surface area contributed by atoms with Gasteiger partial charge in [0.05, 0.1) is 12.7 Å². The fourth-order valence-corrected chi connectivity index (χ4v) is 2.27. The molecule has 0 aromatic heterocycles. The molecular weight excluding hydrogens is 164 g/mol. The molecule has 0 amide bonds. The first-order chi connectivity index (χ1) is 6.45. The van der Waals surface area contributed by atoms with Crippen molar-refractivity contribution in [1.82, 2.24) is 0 Å². The summed E-state index contributed by atoms with van der Waals surface area (Å²) in [5.41, 5.74) is 0. The highest BCUT2D eigenvalue weighted by Gasteiger charge is 2.19. The van der Waals surface area contributed by atoms with E-state index in [4.69, 9.17) is 9.47 Å². The van der Waals surface area contributed by atoms with Gasteiger partial charge in [0.25, 0.3) is 0 Å². The normalized spacial score (nSPS) is 30.9. The quantitative estimate of drug-likeness (QED) is 0.670. The highest BCUT2D eigenvalue weighted by Crippen LogP contribution is 2.24. The molecule has 1 saturated carbocycles. The van der Waals surface area contributed by atoms with E-state index in [2.05, 4.69) is 0 Å². The Bertz CT molecular complexity index is 135. The van der Waals surface area contributed by atoms with Crippen molar-refractivity contribution in [2.75, 3.05) is 19.8 Å². The molecule has 0 unspecified atom stereocenters. The van der Waals surface area contributed by atoms with Crippen molar-refractivity contribution in [2.45, 2.75) is 44.6 Å². The second-order valence-corrected chi connectivity index (χ2v) is 4.32. The number of ether oxygens (including phenoxy) is 2. The fourth-order valence-electron chi connectivity index (χ4n) is 2.27. The van der Waals surface area contributed by atoms with Crippen LogP contribution < -0.4 is 0 Å². The fraction of sp³-hybridized carbons (Fsp3) is 1.00. The molecule has 2 aliphatic rings. The van der Waals surface area contributed by atoms with Crippen LogP contribution in [0.5, 0.6) is 0 Å². The lowest BCUT2D eigenvalue weighted by molar-refractivity contribution is 0.0148.